The monoisotopic (exact) mass is 208 g/mol. The zero-order valence-electron chi connectivity index (χ0n) is 9.19. The second-order valence-corrected chi connectivity index (χ2v) is 3.78. The van der Waals surface area contributed by atoms with Crippen molar-refractivity contribution >= 4 is 0 Å². The molecule has 2 atom stereocenters. The first-order valence-corrected chi connectivity index (χ1v) is 5.40. The van der Waals surface area contributed by atoms with Crippen LogP contribution in [0.3, 0.4) is 0 Å². The molecule has 0 amide bonds. The molecule has 0 aromatic heterocycles. The molecule has 15 heavy (non-hydrogen) atoms. The molecule has 4 N–H and O–H groups in total. The maximum absolute atomic E-state index is 8.82. The predicted molar refractivity (Wildman–Crippen MR) is 62.5 cm³/mol. The molecular formula is C12H20N2O. The van der Waals surface area contributed by atoms with Crippen molar-refractivity contribution in [1.29, 1.82) is 0 Å². The topological polar surface area (TPSA) is 58.3 Å². The summed E-state index contributed by atoms with van der Waals surface area (Å²) in [4.78, 5) is 0. The van der Waals surface area contributed by atoms with Gasteiger partial charge in [0.25, 0.3) is 0 Å². The van der Waals surface area contributed by atoms with Gasteiger partial charge in [0, 0.05) is 25.2 Å². The maximum Gasteiger partial charge on any atom is 0.0446 e. The molecule has 3 heteroatoms. The third kappa shape index (κ3) is 4.00. The van der Waals surface area contributed by atoms with Crippen LogP contribution in [0.1, 0.15) is 24.9 Å². The Balaban J connectivity index is 2.56. The summed E-state index contributed by atoms with van der Waals surface area (Å²) in [6.07, 6.45) is 0.753. The molecule has 1 aromatic rings. The van der Waals surface area contributed by atoms with E-state index in [1.54, 1.807) is 0 Å². The SMILES string of the molecule is CC(CCO)NC(CN)c1ccccc1. The molecule has 0 saturated carbocycles. The lowest BCUT2D eigenvalue weighted by atomic mass is 10.1. The molecule has 2 unspecified atom stereocenters. The number of aliphatic hydroxyl groups is 1. The molecule has 0 bridgehead atoms. The van der Waals surface area contributed by atoms with Gasteiger partial charge in [-0.15, -0.1) is 0 Å². The summed E-state index contributed by atoms with van der Waals surface area (Å²) in [6, 6.07) is 10.6. The number of hydrogen-bond acceptors (Lipinski definition) is 3. The Morgan fingerprint density at radius 2 is 2.00 bits per heavy atom. The van der Waals surface area contributed by atoms with Crippen molar-refractivity contribution in [2.24, 2.45) is 5.73 Å². The average Bonchev–Trinajstić information content (AvgIpc) is 2.27. The number of nitrogens with one attached hydrogen (secondary N) is 1. The predicted octanol–water partition coefficient (Wildman–Crippen LogP) is 1.05. The molecule has 84 valence electrons. The van der Waals surface area contributed by atoms with E-state index in [-0.39, 0.29) is 18.7 Å². The fraction of sp³-hybridized carbons (Fsp3) is 0.500. The van der Waals surface area contributed by atoms with Gasteiger partial charge in [-0.25, -0.2) is 0 Å². The first-order chi connectivity index (χ1) is 7.27. The molecule has 0 fully saturated rings. The van der Waals surface area contributed by atoms with Crippen LogP contribution in [0.2, 0.25) is 0 Å². The van der Waals surface area contributed by atoms with Crippen molar-refractivity contribution in [2.75, 3.05) is 13.2 Å². The van der Waals surface area contributed by atoms with E-state index in [2.05, 4.69) is 24.4 Å². The standard InChI is InChI=1S/C12H20N2O/c1-10(7-8-15)14-12(9-13)11-5-3-2-4-6-11/h2-6,10,12,14-15H,7-9,13H2,1H3. The van der Waals surface area contributed by atoms with Gasteiger partial charge >= 0.3 is 0 Å². The highest BCUT2D eigenvalue weighted by molar-refractivity contribution is 5.19. The average molecular weight is 208 g/mol. The van der Waals surface area contributed by atoms with Crippen LogP contribution < -0.4 is 11.1 Å². The van der Waals surface area contributed by atoms with Gasteiger partial charge in [-0.05, 0) is 18.9 Å². The molecule has 0 aliphatic rings. The normalized spacial score (nSPS) is 14.9. The van der Waals surface area contributed by atoms with E-state index in [9.17, 15) is 0 Å². The molecule has 0 heterocycles. The van der Waals surface area contributed by atoms with Crippen molar-refractivity contribution in [3.05, 3.63) is 35.9 Å². The van der Waals surface area contributed by atoms with E-state index in [0.717, 1.165) is 6.42 Å². The van der Waals surface area contributed by atoms with E-state index in [1.165, 1.54) is 5.56 Å². The summed E-state index contributed by atoms with van der Waals surface area (Å²) in [7, 11) is 0. The van der Waals surface area contributed by atoms with Crippen molar-refractivity contribution in [3.63, 3.8) is 0 Å². The summed E-state index contributed by atoms with van der Waals surface area (Å²) >= 11 is 0. The smallest absolute Gasteiger partial charge is 0.0446 e. The minimum Gasteiger partial charge on any atom is -0.396 e. The zero-order valence-corrected chi connectivity index (χ0v) is 9.19. The van der Waals surface area contributed by atoms with Gasteiger partial charge < -0.3 is 16.2 Å². The van der Waals surface area contributed by atoms with Gasteiger partial charge in [-0.1, -0.05) is 30.3 Å². The van der Waals surface area contributed by atoms with Crippen LogP contribution >= 0.6 is 0 Å². The van der Waals surface area contributed by atoms with E-state index in [4.69, 9.17) is 10.8 Å². The van der Waals surface area contributed by atoms with Crippen LogP contribution in [0.5, 0.6) is 0 Å². The Morgan fingerprint density at radius 3 is 2.53 bits per heavy atom. The maximum atomic E-state index is 8.82. The minimum atomic E-state index is 0.174. The van der Waals surface area contributed by atoms with Crippen molar-refractivity contribution < 1.29 is 5.11 Å². The van der Waals surface area contributed by atoms with Crippen LogP contribution in [-0.2, 0) is 0 Å². The summed E-state index contributed by atoms with van der Waals surface area (Å²) in [5.74, 6) is 0. The molecule has 0 aliphatic carbocycles. The Labute approximate surface area is 91.3 Å². The molecule has 0 radical (unpaired) electrons. The van der Waals surface area contributed by atoms with Gasteiger partial charge in [0.2, 0.25) is 0 Å². The third-order valence-electron chi connectivity index (χ3n) is 2.49. The highest BCUT2D eigenvalue weighted by atomic mass is 16.3. The number of rotatable bonds is 6. The molecule has 0 aliphatic heterocycles. The van der Waals surface area contributed by atoms with Crippen LogP contribution in [0.15, 0.2) is 30.3 Å². The first-order valence-electron chi connectivity index (χ1n) is 5.40. The Kier molecular flexibility index (Phi) is 5.32. The molecule has 3 nitrogen and oxygen atoms in total. The Hall–Kier alpha value is -0.900. The second kappa shape index (κ2) is 6.56. The quantitative estimate of drug-likeness (QED) is 0.655. The first kappa shape index (κ1) is 12.2. The molecule has 0 saturated heterocycles. The number of aliphatic hydroxyl groups excluding tert-OH is 1. The molecule has 0 spiro atoms. The highest BCUT2D eigenvalue weighted by Crippen LogP contribution is 2.12. The summed E-state index contributed by atoms with van der Waals surface area (Å²) < 4.78 is 0. The van der Waals surface area contributed by atoms with Crippen LogP contribution in [0.25, 0.3) is 0 Å². The lowest BCUT2D eigenvalue weighted by Gasteiger charge is -2.22. The fourth-order valence-electron chi connectivity index (χ4n) is 1.61. The number of benzene rings is 1. The number of nitrogens with two attached hydrogens (primary N) is 1. The van der Waals surface area contributed by atoms with E-state index < -0.39 is 0 Å². The van der Waals surface area contributed by atoms with Crippen molar-refractivity contribution in [1.82, 2.24) is 5.32 Å². The van der Waals surface area contributed by atoms with Crippen molar-refractivity contribution in [3.8, 4) is 0 Å². The highest BCUT2D eigenvalue weighted by Gasteiger charge is 2.11. The molecule has 1 rings (SSSR count). The Bertz CT molecular complexity index is 264. The number of hydrogen-bond donors (Lipinski definition) is 3. The van der Waals surface area contributed by atoms with Gasteiger partial charge in [0.15, 0.2) is 0 Å². The van der Waals surface area contributed by atoms with Gasteiger partial charge in [-0.2, -0.15) is 0 Å². The van der Waals surface area contributed by atoms with Gasteiger partial charge in [0.1, 0.15) is 0 Å². The zero-order chi connectivity index (χ0) is 11.1. The van der Waals surface area contributed by atoms with Crippen molar-refractivity contribution in [2.45, 2.75) is 25.4 Å². The third-order valence-corrected chi connectivity index (χ3v) is 2.49. The largest absolute Gasteiger partial charge is 0.396 e. The van der Waals surface area contributed by atoms with Gasteiger partial charge in [0.05, 0.1) is 0 Å². The van der Waals surface area contributed by atoms with Gasteiger partial charge in [-0.3, -0.25) is 0 Å². The van der Waals surface area contributed by atoms with E-state index in [1.807, 2.05) is 18.2 Å². The summed E-state index contributed by atoms with van der Waals surface area (Å²) in [6.45, 7) is 2.84. The van der Waals surface area contributed by atoms with Crippen LogP contribution in [-0.4, -0.2) is 24.3 Å². The van der Waals surface area contributed by atoms with E-state index in [0.29, 0.717) is 6.54 Å². The summed E-state index contributed by atoms with van der Waals surface area (Å²) in [5.41, 5.74) is 6.92. The van der Waals surface area contributed by atoms with Crippen LogP contribution in [0.4, 0.5) is 0 Å². The minimum absolute atomic E-state index is 0.174. The molecule has 1 aromatic carbocycles. The lowest BCUT2D eigenvalue weighted by Crippen LogP contribution is -2.35. The Morgan fingerprint density at radius 1 is 1.33 bits per heavy atom. The van der Waals surface area contributed by atoms with E-state index >= 15 is 0 Å². The van der Waals surface area contributed by atoms with Crippen LogP contribution in [0, 0.1) is 0 Å². The second-order valence-electron chi connectivity index (χ2n) is 3.78. The summed E-state index contributed by atoms with van der Waals surface area (Å²) in [5, 5.41) is 12.2. The molecular weight excluding hydrogens is 188 g/mol. The lowest BCUT2D eigenvalue weighted by molar-refractivity contribution is 0.263. The fourth-order valence-corrected chi connectivity index (χ4v) is 1.61.